The van der Waals surface area contributed by atoms with Gasteiger partial charge in [0.1, 0.15) is 0 Å². The van der Waals surface area contributed by atoms with Gasteiger partial charge >= 0.3 is 0 Å². The Morgan fingerprint density at radius 2 is 2.25 bits per heavy atom. The van der Waals surface area contributed by atoms with Gasteiger partial charge < -0.3 is 5.32 Å². The minimum absolute atomic E-state index is 0.0247. The summed E-state index contributed by atoms with van der Waals surface area (Å²) >= 11 is 0. The number of benzene rings is 1. The van der Waals surface area contributed by atoms with Crippen LogP contribution in [0.25, 0.3) is 0 Å². The van der Waals surface area contributed by atoms with Gasteiger partial charge in [-0.1, -0.05) is 12.1 Å². The summed E-state index contributed by atoms with van der Waals surface area (Å²) in [6.07, 6.45) is 2.29. The summed E-state index contributed by atoms with van der Waals surface area (Å²) in [6.45, 7) is 0. The first-order valence-electron chi connectivity index (χ1n) is 5.18. The predicted molar refractivity (Wildman–Crippen MR) is 58.0 cm³/mol. The van der Waals surface area contributed by atoms with E-state index in [-0.39, 0.29) is 18.0 Å². The molecule has 2 rings (SSSR count). The third-order valence-electron chi connectivity index (χ3n) is 2.43. The molecule has 0 aliphatic heterocycles. The zero-order valence-electron chi connectivity index (χ0n) is 8.68. The van der Waals surface area contributed by atoms with Gasteiger partial charge in [0.15, 0.2) is 0 Å². The van der Waals surface area contributed by atoms with E-state index in [4.69, 9.17) is 0 Å². The van der Waals surface area contributed by atoms with E-state index in [0.29, 0.717) is 11.6 Å². The maximum atomic E-state index is 11.5. The normalized spacial score (nSPS) is 14.5. The number of nitrogens with one attached hydrogen (secondary N) is 1. The van der Waals surface area contributed by atoms with Crippen LogP contribution in [0.15, 0.2) is 24.3 Å². The fourth-order valence-electron chi connectivity index (χ4n) is 1.47. The molecule has 1 aromatic rings. The molecule has 0 heterocycles. The number of nitro groups is 1. The van der Waals surface area contributed by atoms with Crippen molar-refractivity contribution in [3.63, 3.8) is 0 Å². The largest absolute Gasteiger partial charge is 0.353 e. The van der Waals surface area contributed by atoms with Gasteiger partial charge in [-0.2, -0.15) is 0 Å². The lowest BCUT2D eigenvalue weighted by Gasteiger charge is -2.02. The van der Waals surface area contributed by atoms with Crippen molar-refractivity contribution >= 4 is 11.6 Å². The van der Waals surface area contributed by atoms with Gasteiger partial charge in [-0.3, -0.25) is 14.9 Å². The molecule has 1 aromatic carbocycles. The summed E-state index contributed by atoms with van der Waals surface area (Å²) in [5, 5.41) is 13.4. The van der Waals surface area contributed by atoms with Crippen molar-refractivity contribution in [3.05, 3.63) is 39.9 Å². The standard InChI is InChI=1S/C11H12N2O3/c14-11(12-9-4-5-9)7-8-2-1-3-10(6-8)13(15)16/h1-3,6,9H,4-5,7H2,(H,12,14). The average molecular weight is 220 g/mol. The molecule has 1 aliphatic rings. The Morgan fingerprint density at radius 3 is 2.88 bits per heavy atom. The molecule has 0 unspecified atom stereocenters. The first-order valence-corrected chi connectivity index (χ1v) is 5.18. The Kier molecular flexibility index (Phi) is 2.85. The quantitative estimate of drug-likeness (QED) is 0.616. The van der Waals surface area contributed by atoms with Gasteiger partial charge in [-0.15, -0.1) is 0 Å². The highest BCUT2D eigenvalue weighted by molar-refractivity contribution is 5.79. The third-order valence-corrected chi connectivity index (χ3v) is 2.43. The molecular formula is C11H12N2O3. The van der Waals surface area contributed by atoms with Gasteiger partial charge in [0.05, 0.1) is 11.3 Å². The number of carbonyl (C=O) groups is 1. The highest BCUT2D eigenvalue weighted by Gasteiger charge is 2.23. The molecule has 0 radical (unpaired) electrons. The minimum atomic E-state index is -0.456. The minimum Gasteiger partial charge on any atom is -0.353 e. The number of carbonyl (C=O) groups excluding carboxylic acids is 1. The Bertz CT molecular complexity index is 427. The molecule has 0 spiro atoms. The van der Waals surface area contributed by atoms with Crippen LogP contribution in [0, 0.1) is 10.1 Å². The Hall–Kier alpha value is -1.91. The van der Waals surface area contributed by atoms with Crippen molar-refractivity contribution < 1.29 is 9.72 Å². The van der Waals surface area contributed by atoms with Gasteiger partial charge in [0, 0.05) is 18.2 Å². The molecule has 1 aliphatic carbocycles. The van der Waals surface area contributed by atoms with E-state index in [0.717, 1.165) is 12.8 Å². The zero-order valence-corrected chi connectivity index (χ0v) is 8.68. The lowest BCUT2D eigenvalue weighted by molar-refractivity contribution is -0.384. The van der Waals surface area contributed by atoms with Crippen LogP contribution in [0.3, 0.4) is 0 Å². The Morgan fingerprint density at radius 1 is 1.50 bits per heavy atom. The summed E-state index contributed by atoms with van der Waals surface area (Å²) < 4.78 is 0. The second-order valence-electron chi connectivity index (χ2n) is 3.95. The Balaban J connectivity index is 1.99. The van der Waals surface area contributed by atoms with Crippen LogP contribution in [-0.4, -0.2) is 16.9 Å². The molecule has 5 nitrogen and oxygen atoms in total. The molecule has 0 aromatic heterocycles. The summed E-state index contributed by atoms with van der Waals surface area (Å²) in [5.41, 5.74) is 0.698. The molecule has 0 bridgehead atoms. The van der Waals surface area contributed by atoms with Crippen LogP contribution in [0.4, 0.5) is 5.69 Å². The van der Waals surface area contributed by atoms with Crippen molar-refractivity contribution in [2.45, 2.75) is 25.3 Å². The van der Waals surface area contributed by atoms with Gasteiger partial charge in [-0.05, 0) is 18.4 Å². The summed E-state index contributed by atoms with van der Waals surface area (Å²) in [7, 11) is 0. The second kappa shape index (κ2) is 4.30. The average Bonchev–Trinajstić information content (AvgIpc) is 3.01. The molecule has 1 saturated carbocycles. The topological polar surface area (TPSA) is 72.2 Å². The lowest BCUT2D eigenvalue weighted by Crippen LogP contribution is -2.26. The highest BCUT2D eigenvalue weighted by Crippen LogP contribution is 2.19. The monoisotopic (exact) mass is 220 g/mol. The lowest BCUT2D eigenvalue weighted by atomic mass is 10.1. The molecule has 0 atom stereocenters. The van der Waals surface area contributed by atoms with Crippen molar-refractivity contribution in [2.24, 2.45) is 0 Å². The Labute approximate surface area is 92.6 Å². The number of rotatable bonds is 4. The number of hydrogen-bond donors (Lipinski definition) is 1. The molecule has 1 amide bonds. The van der Waals surface area contributed by atoms with E-state index < -0.39 is 4.92 Å². The van der Waals surface area contributed by atoms with E-state index in [1.165, 1.54) is 12.1 Å². The van der Waals surface area contributed by atoms with E-state index in [9.17, 15) is 14.9 Å². The fraction of sp³-hybridized carbons (Fsp3) is 0.364. The smallest absolute Gasteiger partial charge is 0.269 e. The van der Waals surface area contributed by atoms with Gasteiger partial charge in [0.2, 0.25) is 5.91 Å². The van der Waals surface area contributed by atoms with Crippen LogP contribution >= 0.6 is 0 Å². The van der Waals surface area contributed by atoms with Crippen molar-refractivity contribution in [1.29, 1.82) is 0 Å². The third kappa shape index (κ3) is 2.79. The molecule has 5 heteroatoms. The SMILES string of the molecule is O=C(Cc1cccc([N+](=O)[O-])c1)NC1CC1. The summed E-state index contributed by atoms with van der Waals surface area (Å²) in [4.78, 5) is 21.5. The van der Waals surface area contributed by atoms with Crippen LogP contribution < -0.4 is 5.32 Å². The maximum Gasteiger partial charge on any atom is 0.269 e. The predicted octanol–water partition coefficient (Wildman–Crippen LogP) is 1.42. The number of nitrogens with zero attached hydrogens (tertiary/aromatic N) is 1. The highest BCUT2D eigenvalue weighted by atomic mass is 16.6. The first kappa shape index (κ1) is 10.6. The van der Waals surface area contributed by atoms with Crippen LogP contribution in [0.1, 0.15) is 18.4 Å². The zero-order chi connectivity index (χ0) is 11.5. The van der Waals surface area contributed by atoms with Crippen molar-refractivity contribution in [3.8, 4) is 0 Å². The fourth-order valence-corrected chi connectivity index (χ4v) is 1.47. The van der Waals surface area contributed by atoms with Crippen LogP contribution in [0.2, 0.25) is 0 Å². The first-order chi connectivity index (χ1) is 7.65. The van der Waals surface area contributed by atoms with E-state index in [1.807, 2.05) is 0 Å². The number of non-ortho nitro benzene ring substituents is 1. The van der Waals surface area contributed by atoms with Crippen molar-refractivity contribution in [2.75, 3.05) is 0 Å². The van der Waals surface area contributed by atoms with E-state index in [1.54, 1.807) is 12.1 Å². The van der Waals surface area contributed by atoms with Gasteiger partial charge in [0.25, 0.3) is 5.69 Å². The van der Waals surface area contributed by atoms with Crippen LogP contribution in [0.5, 0.6) is 0 Å². The molecule has 1 N–H and O–H groups in total. The number of amides is 1. The number of hydrogen-bond acceptors (Lipinski definition) is 3. The molecule has 1 fully saturated rings. The van der Waals surface area contributed by atoms with E-state index >= 15 is 0 Å². The summed E-state index contributed by atoms with van der Waals surface area (Å²) in [5.74, 6) is -0.0667. The van der Waals surface area contributed by atoms with Crippen LogP contribution in [-0.2, 0) is 11.2 Å². The number of nitro benzene ring substituents is 1. The molecule has 0 saturated heterocycles. The van der Waals surface area contributed by atoms with Gasteiger partial charge in [-0.25, -0.2) is 0 Å². The maximum absolute atomic E-state index is 11.5. The molecular weight excluding hydrogens is 208 g/mol. The van der Waals surface area contributed by atoms with E-state index in [2.05, 4.69) is 5.32 Å². The second-order valence-corrected chi connectivity index (χ2v) is 3.95. The van der Waals surface area contributed by atoms with Crippen molar-refractivity contribution in [1.82, 2.24) is 5.32 Å². The molecule has 84 valence electrons. The summed E-state index contributed by atoms with van der Waals surface area (Å²) in [6, 6.07) is 6.50. The molecule has 16 heavy (non-hydrogen) atoms.